The van der Waals surface area contributed by atoms with Crippen LogP contribution in [0.5, 0.6) is 5.75 Å². The topological polar surface area (TPSA) is 132 Å². The predicted octanol–water partition coefficient (Wildman–Crippen LogP) is 2.91. The Morgan fingerprint density at radius 2 is 1.85 bits per heavy atom. The van der Waals surface area contributed by atoms with Crippen LogP contribution in [0, 0.1) is 17.3 Å². The quantitative estimate of drug-likeness (QED) is 0.477. The van der Waals surface area contributed by atoms with Gasteiger partial charge in [-0.15, -0.1) is 0 Å². The number of aliphatic hydroxyl groups excluding tert-OH is 1. The van der Waals surface area contributed by atoms with Gasteiger partial charge in [-0.2, -0.15) is 0 Å². The van der Waals surface area contributed by atoms with E-state index in [0.717, 1.165) is 17.2 Å². The number of amides is 1. The molecule has 178 valence electrons. The highest BCUT2D eigenvalue weighted by Crippen LogP contribution is 2.62. The lowest BCUT2D eigenvalue weighted by atomic mass is 9.46. The van der Waals surface area contributed by atoms with E-state index in [0.29, 0.717) is 41.7 Å². The van der Waals surface area contributed by atoms with Gasteiger partial charge in [-0.25, -0.2) is 4.79 Å². The Labute approximate surface area is 195 Å². The van der Waals surface area contributed by atoms with Gasteiger partial charge < -0.3 is 29.8 Å². The summed E-state index contributed by atoms with van der Waals surface area (Å²) in [5, 5.41) is 21.5. The van der Waals surface area contributed by atoms with E-state index in [1.54, 1.807) is 30.3 Å². The number of benzene rings is 2. The third-order valence-electron chi connectivity index (χ3n) is 7.98. The minimum absolute atomic E-state index is 0.0765. The molecule has 4 aliphatic rings. The summed E-state index contributed by atoms with van der Waals surface area (Å²) < 4.78 is 17.4. The van der Waals surface area contributed by atoms with E-state index < -0.39 is 29.0 Å². The number of fused-ring (bicyclic) bond motifs is 3. The van der Waals surface area contributed by atoms with Gasteiger partial charge in [0.1, 0.15) is 29.6 Å². The third kappa shape index (κ3) is 3.20. The van der Waals surface area contributed by atoms with E-state index >= 15 is 0 Å². The highest BCUT2D eigenvalue weighted by molar-refractivity contribution is 6.08. The van der Waals surface area contributed by atoms with Crippen LogP contribution in [0.2, 0.25) is 0 Å². The van der Waals surface area contributed by atoms with E-state index in [2.05, 4.69) is 0 Å². The van der Waals surface area contributed by atoms with Crippen molar-refractivity contribution in [2.75, 3.05) is 13.2 Å². The minimum Gasteiger partial charge on any atom is -0.491 e. The molecule has 0 spiro atoms. The summed E-state index contributed by atoms with van der Waals surface area (Å²) in [5.74, 6) is -0.269. The SMILES string of the molecule is NC(=O)C12CC3CC(CC(O)(C3)C1)C2OC(=O)c1ccc2oc3ccc(OCCO)cc3c2c1. The first-order chi connectivity index (χ1) is 16.3. The summed E-state index contributed by atoms with van der Waals surface area (Å²) in [6.07, 6.45) is 2.22. The number of carbonyl (C=O) groups is 2. The number of carbonyl (C=O) groups excluding carboxylic acids is 2. The van der Waals surface area contributed by atoms with Crippen molar-refractivity contribution in [3.05, 3.63) is 42.0 Å². The third-order valence-corrected chi connectivity index (χ3v) is 7.98. The second-order valence-electron chi connectivity index (χ2n) is 10.3. The molecular weight excluding hydrogens is 438 g/mol. The van der Waals surface area contributed by atoms with Crippen LogP contribution in [-0.2, 0) is 9.53 Å². The molecule has 0 aliphatic heterocycles. The fourth-order valence-corrected chi connectivity index (χ4v) is 6.93. The summed E-state index contributed by atoms with van der Waals surface area (Å²) in [7, 11) is 0. The molecule has 7 rings (SSSR count). The van der Waals surface area contributed by atoms with Gasteiger partial charge in [-0.05, 0) is 74.4 Å². The summed E-state index contributed by atoms with van der Waals surface area (Å²) in [5.41, 5.74) is 5.56. The zero-order valence-corrected chi connectivity index (χ0v) is 18.7. The fourth-order valence-electron chi connectivity index (χ4n) is 6.93. The maximum absolute atomic E-state index is 13.3. The van der Waals surface area contributed by atoms with Gasteiger partial charge in [0, 0.05) is 16.7 Å². The lowest BCUT2D eigenvalue weighted by Crippen LogP contribution is -2.67. The Bertz CT molecular complexity index is 1320. The molecule has 4 saturated carbocycles. The van der Waals surface area contributed by atoms with Crippen LogP contribution in [-0.4, -0.2) is 47.0 Å². The zero-order valence-electron chi connectivity index (χ0n) is 18.7. The first-order valence-electron chi connectivity index (χ1n) is 11.7. The molecule has 8 heteroatoms. The Morgan fingerprint density at radius 1 is 1.09 bits per heavy atom. The van der Waals surface area contributed by atoms with E-state index in [1.807, 2.05) is 6.07 Å². The number of aliphatic hydroxyl groups is 2. The van der Waals surface area contributed by atoms with Gasteiger partial charge in [0.25, 0.3) is 0 Å². The average Bonchev–Trinajstić information content (AvgIpc) is 3.16. The van der Waals surface area contributed by atoms with Crippen molar-refractivity contribution < 1.29 is 33.7 Å². The zero-order chi connectivity index (χ0) is 23.7. The predicted molar refractivity (Wildman–Crippen MR) is 122 cm³/mol. The van der Waals surface area contributed by atoms with Crippen LogP contribution in [0.3, 0.4) is 0 Å². The molecule has 3 aromatic rings. The number of hydrogen-bond acceptors (Lipinski definition) is 7. The average molecular weight is 466 g/mol. The van der Waals surface area contributed by atoms with E-state index in [4.69, 9.17) is 24.7 Å². The Kier molecular flexibility index (Phi) is 4.70. The van der Waals surface area contributed by atoms with E-state index in [9.17, 15) is 14.7 Å². The van der Waals surface area contributed by atoms with Crippen LogP contribution < -0.4 is 10.5 Å². The van der Waals surface area contributed by atoms with Crippen molar-refractivity contribution in [3.8, 4) is 5.75 Å². The number of furan rings is 1. The molecule has 5 atom stereocenters. The Morgan fingerprint density at radius 3 is 2.59 bits per heavy atom. The van der Waals surface area contributed by atoms with Crippen molar-refractivity contribution in [1.82, 2.24) is 0 Å². The fraction of sp³-hybridized carbons (Fsp3) is 0.462. The number of hydrogen-bond donors (Lipinski definition) is 3. The highest BCUT2D eigenvalue weighted by Gasteiger charge is 2.66. The number of primary amides is 1. The van der Waals surface area contributed by atoms with Gasteiger partial charge in [0.15, 0.2) is 0 Å². The summed E-state index contributed by atoms with van der Waals surface area (Å²) >= 11 is 0. The molecule has 2 aromatic carbocycles. The van der Waals surface area contributed by atoms with Crippen molar-refractivity contribution in [2.45, 2.75) is 43.8 Å². The molecular formula is C26H27NO7. The molecule has 4 fully saturated rings. The van der Waals surface area contributed by atoms with Crippen molar-refractivity contribution in [2.24, 2.45) is 23.0 Å². The molecule has 1 heterocycles. The molecule has 4 bridgehead atoms. The Balaban J connectivity index is 1.32. The number of rotatable bonds is 6. The molecule has 0 saturated heterocycles. The first kappa shape index (κ1) is 21.4. The van der Waals surface area contributed by atoms with Gasteiger partial charge in [-0.1, -0.05) is 0 Å². The van der Waals surface area contributed by atoms with Gasteiger partial charge in [0.05, 0.1) is 23.2 Å². The standard InChI is InChI=1S/C26H27NO7/c27-24(30)26-11-14-7-16(12-25(31,10-14)13-26)22(26)34-23(29)15-1-3-20-18(8-15)19-9-17(32-6-5-28)2-4-21(19)33-20/h1-4,8-9,14,16,22,28,31H,5-7,10-13H2,(H2,27,30). The molecule has 4 N–H and O–H groups in total. The molecule has 0 radical (unpaired) electrons. The highest BCUT2D eigenvalue weighted by atomic mass is 16.5. The molecule has 1 amide bonds. The summed E-state index contributed by atoms with van der Waals surface area (Å²) in [6.45, 7) is 0.0896. The number of ether oxygens (including phenoxy) is 2. The number of nitrogens with two attached hydrogens (primary N) is 1. The summed E-state index contributed by atoms with van der Waals surface area (Å²) in [4.78, 5) is 25.9. The van der Waals surface area contributed by atoms with Crippen LogP contribution in [0.15, 0.2) is 40.8 Å². The van der Waals surface area contributed by atoms with Crippen molar-refractivity contribution in [1.29, 1.82) is 0 Å². The smallest absolute Gasteiger partial charge is 0.338 e. The molecule has 8 nitrogen and oxygen atoms in total. The van der Waals surface area contributed by atoms with Crippen LogP contribution >= 0.6 is 0 Å². The second-order valence-corrected chi connectivity index (χ2v) is 10.3. The van der Waals surface area contributed by atoms with E-state index in [1.165, 1.54) is 0 Å². The Hall–Kier alpha value is -3.10. The lowest BCUT2D eigenvalue weighted by molar-refractivity contribution is -0.217. The second kappa shape index (κ2) is 7.45. The molecule has 4 aliphatic carbocycles. The molecule has 5 unspecified atom stereocenters. The van der Waals surface area contributed by atoms with E-state index in [-0.39, 0.29) is 31.5 Å². The van der Waals surface area contributed by atoms with Crippen LogP contribution in [0.1, 0.15) is 42.5 Å². The van der Waals surface area contributed by atoms with Crippen LogP contribution in [0.25, 0.3) is 21.9 Å². The lowest BCUT2D eigenvalue weighted by Gasteiger charge is -2.61. The van der Waals surface area contributed by atoms with Crippen molar-refractivity contribution >= 4 is 33.8 Å². The first-order valence-corrected chi connectivity index (χ1v) is 11.7. The molecule has 34 heavy (non-hydrogen) atoms. The van der Waals surface area contributed by atoms with Gasteiger partial charge >= 0.3 is 5.97 Å². The summed E-state index contributed by atoms with van der Waals surface area (Å²) in [6, 6.07) is 10.5. The molecule has 1 aromatic heterocycles. The van der Waals surface area contributed by atoms with Gasteiger partial charge in [-0.3, -0.25) is 4.79 Å². The maximum Gasteiger partial charge on any atom is 0.338 e. The van der Waals surface area contributed by atoms with Gasteiger partial charge in [0.2, 0.25) is 5.91 Å². The minimum atomic E-state index is -1.01. The van der Waals surface area contributed by atoms with Crippen LogP contribution in [0.4, 0.5) is 0 Å². The van der Waals surface area contributed by atoms with Crippen molar-refractivity contribution in [3.63, 3.8) is 0 Å². The number of esters is 1. The monoisotopic (exact) mass is 465 g/mol. The normalized spacial score (nSPS) is 31.8. The maximum atomic E-state index is 13.3. The largest absolute Gasteiger partial charge is 0.491 e.